The van der Waals surface area contributed by atoms with E-state index in [1.54, 1.807) is 0 Å². The standard InChI is InChI=1S/C29H24N2Si/c30-29-21-18-24(22-31-29)23-16-19-28(20-17-23)32(25-10-4-1-5-11-25,26-12-6-2-7-13-26)27-14-8-3-9-15-27/h1-22H,(H2,30,31). The van der Waals surface area contributed by atoms with E-state index < -0.39 is 8.07 Å². The summed E-state index contributed by atoms with van der Waals surface area (Å²) in [4.78, 5) is 4.26. The maximum Gasteiger partial charge on any atom is 0.179 e. The van der Waals surface area contributed by atoms with Crippen LogP contribution < -0.4 is 26.5 Å². The predicted molar refractivity (Wildman–Crippen MR) is 138 cm³/mol. The molecular weight excluding hydrogens is 404 g/mol. The zero-order valence-corrected chi connectivity index (χ0v) is 18.7. The van der Waals surface area contributed by atoms with Crippen molar-refractivity contribution in [1.29, 1.82) is 0 Å². The predicted octanol–water partition coefficient (Wildman–Crippen LogP) is 3.71. The molecule has 0 radical (unpaired) electrons. The van der Waals surface area contributed by atoms with Gasteiger partial charge in [0.25, 0.3) is 0 Å². The second-order valence-electron chi connectivity index (χ2n) is 7.90. The van der Waals surface area contributed by atoms with Crippen molar-refractivity contribution in [2.75, 3.05) is 5.73 Å². The van der Waals surface area contributed by atoms with Gasteiger partial charge in [-0.05, 0) is 38.4 Å². The zero-order valence-electron chi connectivity index (χ0n) is 17.7. The van der Waals surface area contributed by atoms with E-state index >= 15 is 0 Å². The smallest absolute Gasteiger partial charge is 0.179 e. The number of anilines is 1. The lowest BCUT2D eigenvalue weighted by atomic mass is 10.1. The third kappa shape index (κ3) is 3.53. The van der Waals surface area contributed by atoms with E-state index in [4.69, 9.17) is 5.73 Å². The minimum Gasteiger partial charge on any atom is -0.384 e. The fourth-order valence-electron chi connectivity index (χ4n) is 4.55. The van der Waals surface area contributed by atoms with Gasteiger partial charge >= 0.3 is 0 Å². The molecule has 0 amide bonds. The second-order valence-corrected chi connectivity index (χ2v) is 11.7. The van der Waals surface area contributed by atoms with Crippen LogP contribution in [0.15, 0.2) is 134 Å². The molecule has 0 aliphatic carbocycles. The van der Waals surface area contributed by atoms with Crippen molar-refractivity contribution in [3.8, 4) is 11.1 Å². The summed E-state index contributed by atoms with van der Waals surface area (Å²) in [5.41, 5.74) is 7.98. The first-order valence-corrected chi connectivity index (χ1v) is 12.8. The Hall–Kier alpha value is -3.95. The fraction of sp³-hybridized carbons (Fsp3) is 0. The van der Waals surface area contributed by atoms with Crippen molar-refractivity contribution in [2.24, 2.45) is 0 Å². The van der Waals surface area contributed by atoms with Crippen molar-refractivity contribution in [3.05, 3.63) is 134 Å². The summed E-state index contributed by atoms with van der Waals surface area (Å²) in [6.45, 7) is 0. The molecular formula is C29H24N2Si. The van der Waals surface area contributed by atoms with E-state index in [2.05, 4.69) is 120 Å². The number of hydrogen-bond acceptors (Lipinski definition) is 2. The molecule has 5 rings (SSSR count). The largest absolute Gasteiger partial charge is 0.384 e. The summed E-state index contributed by atoms with van der Waals surface area (Å²) in [6.07, 6.45) is 1.83. The number of benzene rings is 4. The number of hydrogen-bond donors (Lipinski definition) is 1. The van der Waals surface area contributed by atoms with Gasteiger partial charge < -0.3 is 5.73 Å². The molecule has 0 spiro atoms. The Morgan fingerprint density at radius 3 is 1.25 bits per heavy atom. The number of nitrogens with two attached hydrogens (primary N) is 1. The van der Waals surface area contributed by atoms with Crippen molar-refractivity contribution < 1.29 is 0 Å². The molecule has 5 aromatic rings. The van der Waals surface area contributed by atoms with Gasteiger partial charge in [0, 0.05) is 11.8 Å². The van der Waals surface area contributed by atoms with E-state index in [9.17, 15) is 0 Å². The van der Waals surface area contributed by atoms with Gasteiger partial charge in [-0.2, -0.15) is 0 Å². The van der Waals surface area contributed by atoms with Crippen molar-refractivity contribution in [2.45, 2.75) is 0 Å². The zero-order chi connectivity index (χ0) is 21.8. The van der Waals surface area contributed by atoms with Gasteiger partial charge in [0.15, 0.2) is 8.07 Å². The van der Waals surface area contributed by atoms with E-state index in [1.807, 2.05) is 18.3 Å². The van der Waals surface area contributed by atoms with E-state index in [0.717, 1.165) is 11.1 Å². The fourth-order valence-corrected chi connectivity index (χ4v) is 9.30. The summed E-state index contributed by atoms with van der Waals surface area (Å²) in [6, 6.07) is 45.7. The molecule has 0 aliphatic heterocycles. The van der Waals surface area contributed by atoms with Crippen LogP contribution >= 0.6 is 0 Å². The monoisotopic (exact) mass is 428 g/mol. The summed E-state index contributed by atoms with van der Waals surface area (Å²) in [5, 5.41) is 5.48. The summed E-state index contributed by atoms with van der Waals surface area (Å²) in [7, 11) is -2.47. The third-order valence-electron chi connectivity index (χ3n) is 6.06. The molecule has 0 bridgehead atoms. The van der Waals surface area contributed by atoms with Crippen LogP contribution in [0.4, 0.5) is 5.82 Å². The van der Waals surface area contributed by atoms with Gasteiger partial charge in [-0.15, -0.1) is 0 Å². The van der Waals surface area contributed by atoms with E-state index in [-0.39, 0.29) is 0 Å². The van der Waals surface area contributed by atoms with E-state index in [1.165, 1.54) is 20.7 Å². The molecule has 1 heterocycles. The molecule has 32 heavy (non-hydrogen) atoms. The number of aromatic nitrogens is 1. The highest BCUT2D eigenvalue weighted by molar-refractivity contribution is 7.19. The summed E-state index contributed by atoms with van der Waals surface area (Å²) >= 11 is 0. The Bertz CT molecular complexity index is 1190. The highest BCUT2D eigenvalue weighted by atomic mass is 28.3. The van der Waals surface area contributed by atoms with Gasteiger partial charge in [-0.25, -0.2) is 4.98 Å². The Kier molecular flexibility index (Phi) is 5.40. The normalized spacial score (nSPS) is 11.2. The molecule has 154 valence electrons. The van der Waals surface area contributed by atoms with Gasteiger partial charge in [0.05, 0.1) is 0 Å². The van der Waals surface area contributed by atoms with Crippen LogP contribution in [-0.4, -0.2) is 13.1 Å². The first-order chi connectivity index (χ1) is 15.8. The Balaban J connectivity index is 1.76. The van der Waals surface area contributed by atoms with Crippen LogP contribution in [-0.2, 0) is 0 Å². The summed E-state index contributed by atoms with van der Waals surface area (Å²) in [5.74, 6) is 0.536. The molecule has 2 N–H and O–H groups in total. The molecule has 2 nitrogen and oxygen atoms in total. The second kappa shape index (κ2) is 8.65. The Labute approximate surface area is 190 Å². The van der Waals surface area contributed by atoms with Gasteiger partial charge in [-0.3, -0.25) is 0 Å². The Morgan fingerprint density at radius 2 is 0.844 bits per heavy atom. The lowest BCUT2D eigenvalue weighted by molar-refractivity contribution is 1.34. The summed E-state index contributed by atoms with van der Waals surface area (Å²) < 4.78 is 0. The highest BCUT2D eigenvalue weighted by Crippen LogP contribution is 2.19. The molecule has 4 aromatic carbocycles. The maximum absolute atomic E-state index is 5.77. The molecule has 0 fully saturated rings. The lowest BCUT2D eigenvalue weighted by Gasteiger charge is -2.34. The lowest BCUT2D eigenvalue weighted by Crippen LogP contribution is -2.74. The average molecular weight is 429 g/mol. The molecule has 0 saturated heterocycles. The van der Waals surface area contributed by atoms with Gasteiger partial charge in [0.2, 0.25) is 0 Å². The highest BCUT2D eigenvalue weighted by Gasteiger charge is 2.41. The molecule has 0 aliphatic rings. The third-order valence-corrected chi connectivity index (χ3v) is 10.9. The van der Waals surface area contributed by atoms with Gasteiger partial charge in [0.1, 0.15) is 5.82 Å². The number of pyridine rings is 1. The van der Waals surface area contributed by atoms with Crippen LogP contribution in [0.1, 0.15) is 0 Å². The average Bonchev–Trinajstić information content (AvgIpc) is 2.88. The molecule has 0 atom stereocenters. The van der Waals surface area contributed by atoms with Crippen LogP contribution in [0.3, 0.4) is 0 Å². The topological polar surface area (TPSA) is 38.9 Å². The number of nitrogen functional groups attached to an aromatic ring is 1. The first kappa shape index (κ1) is 20.0. The first-order valence-electron chi connectivity index (χ1n) is 10.8. The van der Waals surface area contributed by atoms with Crippen LogP contribution in [0, 0.1) is 0 Å². The minimum atomic E-state index is -2.47. The van der Waals surface area contributed by atoms with Crippen LogP contribution in [0.5, 0.6) is 0 Å². The number of nitrogens with zero attached hydrogens (tertiary/aromatic N) is 1. The minimum absolute atomic E-state index is 0.536. The molecule has 1 aromatic heterocycles. The van der Waals surface area contributed by atoms with E-state index in [0.29, 0.717) is 5.82 Å². The number of rotatable bonds is 5. The molecule has 3 heteroatoms. The Morgan fingerprint density at radius 1 is 0.438 bits per heavy atom. The molecule has 0 unspecified atom stereocenters. The maximum atomic E-state index is 5.77. The molecule has 0 saturated carbocycles. The van der Waals surface area contributed by atoms with Crippen molar-refractivity contribution in [1.82, 2.24) is 4.98 Å². The quantitative estimate of drug-likeness (QED) is 0.342. The van der Waals surface area contributed by atoms with Crippen molar-refractivity contribution in [3.63, 3.8) is 0 Å². The van der Waals surface area contributed by atoms with Crippen LogP contribution in [0.2, 0.25) is 0 Å². The SMILES string of the molecule is Nc1ccc(-c2ccc([Si](c3ccccc3)(c3ccccc3)c3ccccc3)cc2)cn1. The van der Waals surface area contributed by atoms with Gasteiger partial charge in [-0.1, -0.05) is 115 Å². The van der Waals surface area contributed by atoms with Crippen LogP contribution in [0.25, 0.3) is 11.1 Å². The van der Waals surface area contributed by atoms with Crippen molar-refractivity contribution >= 4 is 34.6 Å².